The lowest BCUT2D eigenvalue weighted by Crippen LogP contribution is -2.41. The van der Waals surface area contributed by atoms with Gasteiger partial charge < -0.3 is 35.0 Å². The smallest absolute Gasteiger partial charge is 0.490 e. The normalized spacial score (nSPS) is 17.5. The highest BCUT2D eigenvalue weighted by molar-refractivity contribution is 5.98. The maximum Gasteiger partial charge on any atom is 0.573 e. The Morgan fingerprint density at radius 3 is 2.23 bits per heavy atom. The molecule has 0 saturated heterocycles. The van der Waals surface area contributed by atoms with E-state index in [4.69, 9.17) is 4.74 Å². The number of alkyl halides is 6. The molecule has 212 valence electrons. The van der Waals surface area contributed by atoms with Crippen LogP contribution in [0.1, 0.15) is 36.0 Å². The highest BCUT2D eigenvalue weighted by atomic mass is 19.4. The second-order valence-corrected chi connectivity index (χ2v) is 8.35. The summed E-state index contributed by atoms with van der Waals surface area (Å²) >= 11 is 0. The van der Waals surface area contributed by atoms with Crippen LogP contribution in [0.3, 0.4) is 0 Å². The van der Waals surface area contributed by atoms with E-state index >= 15 is 0 Å². The molecule has 0 spiro atoms. The first-order valence-electron chi connectivity index (χ1n) is 11.5. The summed E-state index contributed by atoms with van der Waals surface area (Å²) in [7, 11) is 0. The molecule has 0 radical (unpaired) electrons. The van der Waals surface area contributed by atoms with Crippen LogP contribution in [0.4, 0.5) is 36.8 Å². The van der Waals surface area contributed by atoms with Gasteiger partial charge in [-0.3, -0.25) is 4.79 Å². The van der Waals surface area contributed by atoms with Gasteiger partial charge in [0.2, 0.25) is 0 Å². The molecule has 0 unspecified atom stereocenters. The molecule has 1 aliphatic rings. The minimum absolute atomic E-state index is 0.0946. The molecule has 2 aromatic carbocycles. The van der Waals surface area contributed by atoms with Crippen molar-refractivity contribution < 1.29 is 54.9 Å². The van der Waals surface area contributed by atoms with E-state index in [0.29, 0.717) is 32.0 Å². The van der Waals surface area contributed by atoms with Crippen molar-refractivity contribution in [2.45, 2.75) is 50.6 Å². The number of anilines is 1. The van der Waals surface area contributed by atoms with Gasteiger partial charge in [-0.15, -0.1) is 26.3 Å². The Kier molecular flexibility index (Phi) is 9.48. The summed E-state index contributed by atoms with van der Waals surface area (Å²) in [6, 6.07) is 7.13. The van der Waals surface area contributed by atoms with Crippen molar-refractivity contribution in [1.82, 2.24) is 10.6 Å². The third-order valence-corrected chi connectivity index (χ3v) is 5.40. The van der Waals surface area contributed by atoms with E-state index in [1.54, 1.807) is 0 Å². The Morgan fingerprint density at radius 1 is 0.897 bits per heavy atom. The first kappa shape index (κ1) is 29.4. The lowest BCUT2D eigenvalue weighted by atomic mass is 9.93. The Labute approximate surface area is 217 Å². The van der Waals surface area contributed by atoms with E-state index in [1.165, 1.54) is 18.2 Å². The van der Waals surface area contributed by atoms with Crippen LogP contribution in [0.5, 0.6) is 17.2 Å². The summed E-state index contributed by atoms with van der Waals surface area (Å²) < 4.78 is 88.8. The molecule has 0 aliphatic heterocycles. The Morgan fingerprint density at radius 2 is 1.59 bits per heavy atom. The van der Waals surface area contributed by atoms with Gasteiger partial charge in [0.25, 0.3) is 5.91 Å². The van der Waals surface area contributed by atoms with Gasteiger partial charge in [-0.1, -0.05) is 6.07 Å². The number of nitrogens with one attached hydrogen (secondary N) is 3. The molecule has 9 nitrogen and oxygen atoms in total. The van der Waals surface area contributed by atoms with Crippen molar-refractivity contribution in [3.63, 3.8) is 0 Å². The van der Waals surface area contributed by atoms with Gasteiger partial charge in [-0.2, -0.15) is 0 Å². The maximum atomic E-state index is 12.7. The Balaban J connectivity index is 1.54. The lowest BCUT2D eigenvalue weighted by Gasteiger charge is -2.29. The minimum atomic E-state index is -5.04. The molecule has 0 aromatic heterocycles. The van der Waals surface area contributed by atoms with E-state index in [9.17, 15) is 40.7 Å². The third kappa shape index (κ3) is 9.90. The van der Waals surface area contributed by atoms with E-state index in [1.807, 2.05) is 0 Å². The van der Waals surface area contributed by atoms with Crippen molar-refractivity contribution >= 4 is 23.9 Å². The molecule has 0 bridgehead atoms. The average Bonchev–Trinajstić information content (AvgIpc) is 2.83. The standard InChI is InChI=1S/C24H23F6N3O6/c25-23(26,27)38-18-3-1-2-15(12-18)33-22(36)32-14-4-6-16(7-5-14)37-17-8-9-20(39-24(28,29)30)19(13-17)21(35)31-10-11-34/h1-3,8-9,11-14,16H,4-7,10H2,(H,31,35)(H2,32,33,36). The maximum absolute atomic E-state index is 12.7. The molecule has 2 aromatic rings. The van der Waals surface area contributed by atoms with Crippen molar-refractivity contribution in [3.8, 4) is 17.2 Å². The summed E-state index contributed by atoms with van der Waals surface area (Å²) in [5.41, 5.74) is -0.374. The number of amides is 3. The predicted molar refractivity (Wildman–Crippen MR) is 123 cm³/mol. The Hall–Kier alpha value is -4.17. The molecule has 3 rings (SSSR count). The van der Waals surface area contributed by atoms with Gasteiger partial charge in [0, 0.05) is 17.8 Å². The minimum Gasteiger partial charge on any atom is -0.490 e. The number of carbonyl (C=O) groups is 3. The van der Waals surface area contributed by atoms with E-state index < -0.39 is 48.3 Å². The molecule has 1 aliphatic carbocycles. The monoisotopic (exact) mass is 563 g/mol. The van der Waals surface area contributed by atoms with Crippen LogP contribution in [-0.4, -0.2) is 49.6 Å². The SMILES string of the molecule is O=CCNC(=O)c1cc(OC2CCC(NC(=O)Nc3cccc(OC(F)(F)F)c3)CC2)ccc1OC(F)(F)F. The summed E-state index contributed by atoms with van der Waals surface area (Å²) in [4.78, 5) is 35.0. The average molecular weight is 563 g/mol. The van der Waals surface area contributed by atoms with Gasteiger partial charge in [0.15, 0.2) is 0 Å². The van der Waals surface area contributed by atoms with E-state index in [-0.39, 0.29) is 23.6 Å². The largest absolute Gasteiger partial charge is 0.573 e. The third-order valence-electron chi connectivity index (χ3n) is 5.40. The molecule has 0 heterocycles. The molecule has 3 N–H and O–H groups in total. The van der Waals surface area contributed by atoms with Crippen LogP contribution >= 0.6 is 0 Å². The first-order chi connectivity index (χ1) is 18.3. The fourth-order valence-electron chi connectivity index (χ4n) is 3.84. The number of rotatable bonds is 9. The van der Waals surface area contributed by atoms with Gasteiger partial charge in [0.1, 0.15) is 23.5 Å². The molecule has 3 amide bonds. The second kappa shape index (κ2) is 12.6. The number of hydrogen-bond acceptors (Lipinski definition) is 6. The van der Waals surface area contributed by atoms with Crippen LogP contribution < -0.4 is 30.2 Å². The predicted octanol–water partition coefficient (Wildman–Crippen LogP) is 4.92. The number of carbonyl (C=O) groups excluding carboxylic acids is 3. The van der Waals surface area contributed by atoms with Gasteiger partial charge in [-0.05, 0) is 56.0 Å². The summed E-state index contributed by atoms with van der Waals surface area (Å²) in [6.45, 7) is -0.410. The number of hydrogen-bond donors (Lipinski definition) is 3. The van der Waals surface area contributed by atoms with E-state index in [2.05, 4.69) is 25.4 Å². The topological polar surface area (TPSA) is 115 Å². The zero-order valence-electron chi connectivity index (χ0n) is 20.0. The summed E-state index contributed by atoms with van der Waals surface area (Å²) in [5.74, 6) is -2.09. The van der Waals surface area contributed by atoms with Crippen molar-refractivity contribution in [1.29, 1.82) is 0 Å². The molecular formula is C24H23F6N3O6. The van der Waals surface area contributed by atoms with Gasteiger partial charge in [-0.25, -0.2) is 4.79 Å². The van der Waals surface area contributed by atoms with Crippen LogP contribution in [-0.2, 0) is 4.79 Å². The first-order valence-corrected chi connectivity index (χ1v) is 11.5. The summed E-state index contributed by atoms with van der Waals surface area (Å²) in [5, 5.41) is 7.30. The second-order valence-electron chi connectivity index (χ2n) is 8.35. The van der Waals surface area contributed by atoms with Crippen molar-refractivity contribution in [2.24, 2.45) is 0 Å². The molecule has 1 saturated carbocycles. The molecule has 1 fully saturated rings. The van der Waals surface area contributed by atoms with Crippen LogP contribution in [0.25, 0.3) is 0 Å². The summed E-state index contributed by atoms with van der Waals surface area (Å²) in [6.07, 6.45) is -8.07. The molecular weight excluding hydrogens is 540 g/mol. The number of benzene rings is 2. The molecule has 0 atom stereocenters. The van der Waals surface area contributed by atoms with Crippen LogP contribution in [0.2, 0.25) is 0 Å². The zero-order chi connectivity index (χ0) is 28.6. The van der Waals surface area contributed by atoms with E-state index in [0.717, 1.165) is 24.3 Å². The Bertz CT molecular complexity index is 1170. The van der Waals surface area contributed by atoms with Crippen LogP contribution in [0, 0.1) is 0 Å². The lowest BCUT2D eigenvalue weighted by molar-refractivity contribution is -0.275. The molecule has 39 heavy (non-hydrogen) atoms. The highest BCUT2D eigenvalue weighted by Gasteiger charge is 2.34. The van der Waals surface area contributed by atoms with Gasteiger partial charge >= 0.3 is 18.8 Å². The van der Waals surface area contributed by atoms with Crippen molar-refractivity contribution in [3.05, 3.63) is 48.0 Å². The fourth-order valence-corrected chi connectivity index (χ4v) is 3.84. The number of ether oxygens (including phenoxy) is 3. The number of aldehydes is 1. The quantitative estimate of drug-likeness (QED) is 0.295. The highest BCUT2D eigenvalue weighted by Crippen LogP contribution is 2.32. The van der Waals surface area contributed by atoms with Crippen molar-refractivity contribution in [2.75, 3.05) is 11.9 Å². The van der Waals surface area contributed by atoms with Gasteiger partial charge in [0.05, 0.1) is 18.2 Å². The molecule has 15 heteroatoms. The fraction of sp³-hybridized carbons (Fsp3) is 0.375. The zero-order valence-corrected chi connectivity index (χ0v) is 20.0. The number of urea groups is 1. The number of halogens is 6. The van der Waals surface area contributed by atoms with Crippen LogP contribution in [0.15, 0.2) is 42.5 Å².